The van der Waals surface area contributed by atoms with Gasteiger partial charge in [-0.25, -0.2) is 0 Å². The van der Waals surface area contributed by atoms with Gasteiger partial charge in [0.25, 0.3) is 0 Å². The minimum Gasteiger partial charge on any atom is -0.494 e. The number of amides is 1. The lowest BCUT2D eigenvalue weighted by molar-refractivity contribution is -0.116. The number of aliphatic hydroxyl groups is 1. The molecule has 0 bridgehead atoms. The average Bonchev–Trinajstić information content (AvgIpc) is 2.46. The Kier molecular flexibility index (Phi) is 7.43. The van der Waals surface area contributed by atoms with Gasteiger partial charge in [0.1, 0.15) is 5.75 Å². The lowest BCUT2D eigenvalue weighted by Crippen LogP contribution is -2.25. The molecular formula is C16H23NO3. The van der Waals surface area contributed by atoms with Gasteiger partial charge in [-0.05, 0) is 43.5 Å². The minimum absolute atomic E-state index is 0.151. The summed E-state index contributed by atoms with van der Waals surface area (Å²) < 4.78 is 5.35. The molecule has 1 amide bonds. The Bertz CT molecular complexity index is 426. The standard InChI is InChI=1S/C16H23NO3/c1-3-14(18)11-12-17-16(19)10-7-13-5-8-15(9-6-13)20-4-2/h5-10,14,18H,3-4,11-12H2,1-2H3,(H,17,19)/b10-7+. The minimum atomic E-state index is -0.342. The second-order valence-electron chi connectivity index (χ2n) is 4.48. The molecule has 0 spiro atoms. The Morgan fingerprint density at radius 3 is 2.65 bits per heavy atom. The van der Waals surface area contributed by atoms with Crippen LogP contribution in [0.5, 0.6) is 5.75 Å². The number of nitrogens with one attached hydrogen (secondary N) is 1. The van der Waals surface area contributed by atoms with Crippen LogP contribution in [-0.2, 0) is 4.79 Å². The molecule has 1 rings (SSSR count). The number of rotatable bonds is 8. The van der Waals surface area contributed by atoms with E-state index >= 15 is 0 Å². The van der Waals surface area contributed by atoms with E-state index in [9.17, 15) is 9.90 Å². The lowest BCUT2D eigenvalue weighted by atomic mass is 10.2. The number of hydrogen-bond donors (Lipinski definition) is 2. The molecule has 20 heavy (non-hydrogen) atoms. The molecule has 0 heterocycles. The maximum atomic E-state index is 11.6. The highest BCUT2D eigenvalue weighted by molar-refractivity contribution is 5.91. The summed E-state index contributed by atoms with van der Waals surface area (Å²) in [4.78, 5) is 11.6. The first kappa shape index (κ1) is 16.2. The van der Waals surface area contributed by atoms with E-state index in [1.165, 1.54) is 6.08 Å². The van der Waals surface area contributed by atoms with Gasteiger partial charge in [0, 0.05) is 12.6 Å². The zero-order valence-corrected chi connectivity index (χ0v) is 12.1. The Labute approximate surface area is 120 Å². The van der Waals surface area contributed by atoms with E-state index in [0.29, 0.717) is 26.0 Å². The number of benzene rings is 1. The fourth-order valence-electron chi connectivity index (χ4n) is 1.64. The van der Waals surface area contributed by atoms with Crippen LogP contribution < -0.4 is 10.1 Å². The Morgan fingerprint density at radius 2 is 2.05 bits per heavy atom. The second-order valence-corrected chi connectivity index (χ2v) is 4.48. The number of aliphatic hydroxyl groups excluding tert-OH is 1. The van der Waals surface area contributed by atoms with Crippen LogP contribution in [0.4, 0.5) is 0 Å². The molecule has 0 aliphatic heterocycles. The summed E-state index contributed by atoms with van der Waals surface area (Å²) in [7, 11) is 0. The first-order valence-corrected chi connectivity index (χ1v) is 7.02. The molecule has 110 valence electrons. The van der Waals surface area contributed by atoms with E-state index in [1.54, 1.807) is 6.08 Å². The van der Waals surface area contributed by atoms with Crippen molar-refractivity contribution in [3.05, 3.63) is 35.9 Å². The zero-order chi connectivity index (χ0) is 14.8. The normalized spacial score (nSPS) is 12.3. The van der Waals surface area contributed by atoms with Crippen LogP contribution in [0.3, 0.4) is 0 Å². The number of hydrogen-bond acceptors (Lipinski definition) is 3. The van der Waals surface area contributed by atoms with E-state index in [4.69, 9.17) is 4.74 Å². The van der Waals surface area contributed by atoms with Crippen LogP contribution in [0, 0.1) is 0 Å². The van der Waals surface area contributed by atoms with Gasteiger partial charge in [0.15, 0.2) is 0 Å². The summed E-state index contributed by atoms with van der Waals surface area (Å²) in [5.74, 6) is 0.671. The molecule has 2 N–H and O–H groups in total. The summed E-state index contributed by atoms with van der Waals surface area (Å²) in [5.41, 5.74) is 0.942. The molecule has 1 unspecified atom stereocenters. The van der Waals surface area contributed by atoms with Gasteiger partial charge in [-0.1, -0.05) is 19.1 Å². The summed E-state index contributed by atoms with van der Waals surface area (Å²) in [6.07, 6.45) is 4.19. The highest BCUT2D eigenvalue weighted by atomic mass is 16.5. The van der Waals surface area contributed by atoms with Crippen molar-refractivity contribution in [3.8, 4) is 5.75 Å². The third kappa shape index (κ3) is 6.38. The Balaban J connectivity index is 2.37. The molecular weight excluding hydrogens is 254 g/mol. The monoisotopic (exact) mass is 277 g/mol. The maximum Gasteiger partial charge on any atom is 0.244 e. The number of carbonyl (C=O) groups is 1. The molecule has 1 aromatic rings. The van der Waals surface area contributed by atoms with Gasteiger partial charge in [0.05, 0.1) is 12.7 Å². The molecule has 1 aromatic carbocycles. The number of carbonyl (C=O) groups excluding carboxylic acids is 1. The molecule has 0 aromatic heterocycles. The van der Waals surface area contributed by atoms with Crippen molar-refractivity contribution < 1.29 is 14.6 Å². The van der Waals surface area contributed by atoms with Gasteiger partial charge in [-0.3, -0.25) is 4.79 Å². The zero-order valence-electron chi connectivity index (χ0n) is 12.1. The van der Waals surface area contributed by atoms with Gasteiger partial charge >= 0.3 is 0 Å². The first-order chi connectivity index (χ1) is 9.65. The van der Waals surface area contributed by atoms with Gasteiger partial charge in [-0.2, -0.15) is 0 Å². The van der Waals surface area contributed by atoms with Crippen molar-refractivity contribution in [3.63, 3.8) is 0 Å². The van der Waals surface area contributed by atoms with Gasteiger partial charge in [-0.15, -0.1) is 0 Å². The predicted octanol–water partition coefficient (Wildman–Crippen LogP) is 2.38. The fourth-order valence-corrected chi connectivity index (χ4v) is 1.64. The lowest BCUT2D eigenvalue weighted by Gasteiger charge is -2.07. The largest absolute Gasteiger partial charge is 0.494 e. The molecule has 0 aliphatic carbocycles. The van der Waals surface area contributed by atoms with Crippen molar-refractivity contribution in [2.45, 2.75) is 32.8 Å². The molecule has 0 fully saturated rings. The number of ether oxygens (including phenoxy) is 1. The van der Waals surface area contributed by atoms with E-state index in [2.05, 4.69) is 5.32 Å². The van der Waals surface area contributed by atoms with Crippen molar-refractivity contribution in [2.24, 2.45) is 0 Å². The first-order valence-electron chi connectivity index (χ1n) is 7.02. The van der Waals surface area contributed by atoms with Crippen LogP contribution in [0.15, 0.2) is 30.3 Å². The third-order valence-electron chi connectivity index (χ3n) is 2.87. The second kappa shape index (κ2) is 9.15. The SMILES string of the molecule is CCOc1ccc(/C=C/C(=O)NCCC(O)CC)cc1. The summed E-state index contributed by atoms with van der Waals surface area (Å²) in [6.45, 7) is 4.98. The Hall–Kier alpha value is -1.81. The summed E-state index contributed by atoms with van der Waals surface area (Å²) in [5, 5.41) is 12.1. The van der Waals surface area contributed by atoms with Gasteiger partial charge in [0.2, 0.25) is 5.91 Å². The van der Waals surface area contributed by atoms with E-state index in [0.717, 1.165) is 11.3 Å². The van der Waals surface area contributed by atoms with Crippen LogP contribution in [0.1, 0.15) is 32.3 Å². The van der Waals surface area contributed by atoms with Crippen molar-refractivity contribution in [1.82, 2.24) is 5.32 Å². The molecule has 0 aliphatic rings. The molecule has 4 nitrogen and oxygen atoms in total. The Morgan fingerprint density at radius 1 is 1.35 bits per heavy atom. The predicted molar refractivity (Wildman–Crippen MR) is 80.6 cm³/mol. The molecule has 4 heteroatoms. The van der Waals surface area contributed by atoms with Crippen LogP contribution in [-0.4, -0.2) is 30.3 Å². The van der Waals surface area contributed by atoms with Crippen LogP contribution in [0.25, 0.3) is 6.08 Å². The van der Waals surface area contributed by atoms with E-state index in [-0.39, 0.29) is 12.0 Å². The van der Waals surface area contributed by atoms with Crippen molar-refractivity contribution >= 4 is 12.0 Å². The van der Waals surface area contributed by atoms with Crippen molar-refractivity contribution in [1.29, 1.82) is 0 Å². The smallest absolute Gasteiger partial charge is 0.244 e. The van der Waals surface area contributed by atoms with E-state index < -0.39 is 0 Å². The summed E-state index contributed by atoms with van der Waals surface area (Å²) in [6, 6.07) is 7.54. The molecule has 0 saturated carbocycles. The quantitative estimate of drug-likeness (QED) is 0.717. The highest BCUT2D eigenvalue weighted by Gasteiger charge is 2.01. The summed E-state index contributed by atoms with van der Waals surface area (Å²) >= 11 is 0. The van der Waals surface area contributed by atoms with Crippen molar-refractivity contribution in [2.75, 3.05) is 13.2 Å². The topological polar surface area (TPSA) is 58.6 Å². The fraction of sp³-hybridized carbons (Fsp3) is 0.438. The average molecular weight is 277 g/mol. The molecule has 0 saturated heterocycles. The maximum absolute atomic E-state index is 11.6. The highest BCUT2D eigenvalue weighted by Crippen LogP contribution is 2.12. The molecule has 1 atom stereocenters. The van der Waals surface area contributed by atoms with Gasteiger partial charge < -0.3 is 15.2 Å². The van der Waals surface area contributed by atoms with Crippen LogP contribution >= 0.6 is 0 Å². The third-order valence-corrected chi connectivity index (χ3v) is 2.87. The van der Waals surface area contributed by atoms with E-state index in [1.807, 2.05) is 38.1 Å². The molecule has 0 radical (unpaired) electrons. The van der Waals surface area contributed by atoms with Crippen LogP contribution in [0.2, 0.25) is 0 Å².